The molecule has 5 nitrogen and oxygen atoms in total. The van der Waals surface area contributed by atoms with Crippen LogP contribution in [0.1, 0.15) is 51.4 Å². The molecule has 1 saturated carbocycles. The molecule has 0 spiro atoms. The highest BCUT2D eigenvalue weighted by atomic mass is 19.4. The Morgan fingerprint density at radius 1 is 1.00 bits per heavy atom. The van der Waals surface area contributed by atoms with Crippen molar-refractivity contribution in [2.24, 2.45) is 0 Å². The number of rotatable bonds is 7. The minimum absolute atomic E-state index is 0.125. The SMILES string of the molecule is N#Cc1cc(C(C=Cc2ccc(C(=O)NC3(C(=O)NCC(F)(F)F)CC3)c(C(F)(F)F)c2)C(F)(F)F)ccc1F. The van der Waals surface area contributed by atoms with Crippen LogP contribution in [-0.2, 0) is 11.0 Å². The van der Waals surface area contributed by atoms with Crippen LogP contribution in [0.25, 0.3) is 6.08 Å². The standard InChI is InChI=1S/C25H17F10N3O2/c26-19-6-3-14(10-15(19)11-36)17(24(30,31)32)5-2-13-1-4-16(18(9-13)25(33,34)35)20(39)38-22(7-8-22)21(40)37-12-23(27,28)29/h1-6,9-10,17H,7-8,12H2,(H,37,40)(H,38,39). The van der Waals surface area contributed by atoms with Gasteiger partial charge in [0.05, 0.1) is 22.6 Å². The number of allylic oxidation sites excluding steroid dienone is 1. The van der Waals surface area contributed by atoms with E-state index in [-0.39, 0.29) is 12.8 Å². The summed E-state index contributed by atoms with van der Waals surface area (Å²) in [5, 5.41) is 12.5. The van der Waals surface area contributed by atoms with Gasteiger partial charge in [0.25, 0.3) is 5.91 Å². The minimum Gasteiger partial charge on any atom is -0.345 e. The average Bonchev–Trinajstić information content (AvgIpc) is 3.62. The molecule has 40 heavy (non-hydrogen) atoms. The number of carbonyl (C=O) groups excluding carboxylic acids is 2. The normalized spacial score (nSPS) is 15.8. The molecular formula is C25H17F10N3O2. The van der Waals surface area contributed by atoms with Gasteiger partial charge in [-0.2, -0.15) is 44.8 Å². The Morgan fingerprint density at radius 2 is 1.65 bits per heavy atom. The summed E-state index contributed by atoms with van der Waals surface area (Å²) >= 11 is 0. The van der Waals surface area contributed by atoms with E-state index < -0.39 is 82.0 Å². The smallest absolute Gasteiger partial charge is 0.345 e. The third-order valence-corrected chi connectivity index (χ3v) is 5.88. The van der Waals surface area contributed by atoms with E-state index in [2.05, 4.69) is 0 Å². The van der Waals surface area contributed by atoms with Gasteiger partial charge in [0, 0.05) is 0 Å². The summed E-state index contributed by atoms with van der Waals surface area (Å²) in [7, 11) is 0. The molecular weight excluding hydrogens is 564 g/mol. The predicted octanol–water partition coefficient (Wildman–Crippen LogP) is 6.02. The number of benzene rings is 2. The number of nitrogens with one attached hydrogen (secondary N) is 2. The van der Waals surface area contributed by atoms with Crippen LogP contribution < -0.4 is 10.6 Å². The lowest BCUT2D eigenvalue weighted by atomic mass is 9.94. The van der Waals surface area contributed by atoms with E-state index in [1.54, 1.807) is 5.32 Å². The quantitative estimate of drug-likeness (QED) is 0.393. The van der Waals surface area contributed by atoms with Gasteiger partial charge in [-0.15, -0.1) is 0 Å². The van der Waals surface area contributed by atoms with Crippen LogP contribution in [0.5, 0.6) is 0 Å². The van der Waals surface area contributed by atoms with Gasteiger partial charge in [-0.05, 0) is 48.2 Å². The first-order valence-corrected chi connectivity index (χ1v) is 11.2. The summed E-state index contributed by atoms with van der Waals surface area (Å²) in [6.07, 6.45) is -14.0. The zero-order valence-corrected chi connectivity index (χ0v) is 19.9. The van der Waals surface area contributed by atoms with Gasteiger partial charge in [0.2, 0.25) is 5.91 Å². The van der Waals surface area contributed by atoms with Crippen molar-refractivity contribution in [2.45, 2.75) is 42.8 Å². The van der Waals surface area contributed by atoms with Gasteiger partial charge in [-0.25, -0.2) is 4.39 Å². The molecule has 1 aliphatic rings. The van der Waals surface area contributed by atoms with Crippen LogP contribution in [0.4, 0.5) is 43.9 Å². The fourth-order valence-corrected chi connectivity index (χ4v) is 3.70. The number of amides is 2. The van der Waals surface area contributed by atoms with Crippen molar-refractivity contribution < 1.29 is 53.5 Å². The van der Waals surface area contributed by atoms with Gasteiger partial charge in [0.1, 0.15) is 24.0 Å². The molecule has 214 valence electrons. The second kappa shape index (κ2) is 10.8. The molecule has 0 bridgehead atoms. The number of carbonyl (C=O) groups is 2. The molecule has 1 unspecified atom stereocenters. The van der Waals surface area contributed by atoms with Gasteiger partial charge < -0.3 is 10.6 Å². The minimum atomic E-state index is -5.19. The number of alkyl halides is 9. The Morgan fingerprint density at radius 3 is 2.17 bits per heavy atom. The van der Waals surface area contributed by atoms with Crippen molar-refractivity contribution in [3.05, 3.63) is 76.1 Å². The molecule has 2 N–H and O–H groups in total. The molecule has 0 saturated heterocycles. The van der Waals surface area contributed by atoms with Crippen LogP contribution in [0.15, 0.2) is 42.5 Å². The first-order valence-electron chi connectivity index (χ1n) is 11.2. The molecule has 1 atom stereocenters. The molecule has 2 amide bonds. The lowest BCUT2D eigenvalue weighted by molar-refractivity contribution is -0.140. The third kappa shape index (κ3) is 7.30. The lowest BCUT2D eigenvalue weighted by Gasteiger charge is -2.20. The second-order valence-electron chi connectivity index (χ2n) is 8.87. The second-order valence-corrected chi connectivity index (χ2v) is 8.87. The molecule has 3 rings (SSSR count). The van der Waals surface area contributed by atoms with E-state index in [0.29, 0.717) is 36.4 Å². The Hall–Kier alpha value is -4.09. The summed E-state index contributed by atoms with van der Waals surface area (Å²) in [5.74, 6) is -6.15. The van der Waals surface area contributed by atoms with Crippen molar-refractivity contribution in [3.63, 3.8) is 0 Å². The highest BCUT2D eigenvalue weighted by molar-refractivity contribution is 6.01. The fourth-order valence-electron chi connectivity index (χ4n) is 3.70. The number of halogens is 10. The van der Waals surface area contributed by atoms with E-state index in [1.807, 2.05) is 5.32 Å². The molecule has 1 aliphatic carbocycles. The summed E-state index contributed by atoms with van der Waals surface area (Å²) in [4.78, 5) is 24.7. The topological polar surface area (TPSA) is 82.0 Å². The van der Waals surface area contributed by atoms with Crippen molar-refractivity contribution in [1.82, 2.24) is 10.6 Å². The predicted molar refractivity (Wildman–Crippen MR) is 119 cm³/mol. The van der Waals surface area contributed by atoms with Gasteiger partial charge in [-0.1, -0.05) is 24.3 Å². The number of nitrogens with zero attached hydrogens (tertiary/aromatic N) is 1. The molecule has 0 aliphatic heterocycles. The van der Waals surface area contributed by atoms with Crippen LogP contribution in [0.3, 0.4) is 0 Å². The van der Waals surface area contributed by atoms with Crippen LogP contribution >= 0.6 is 0 Å². The van der Waals surface area contributed by atoms with Crippen LogP contribution in [0.2, 0.25) is 0 Å². The average molecular weight is 581 g/mol. The summed E-state index contributed by atoms with van der Waals surface area (Å²) in [6.45, 7) is -1.72. The molecule has 2 aromatic rings. The maximum atomic E-state index is 13.8. The summed E-state index contributed by atoms with van der Waals surface area (Å²) in [5.41, 5.74) is -6.05. The van der Waals surface area contributed by atoms with Crippen LogP contribution in [-0.4, -0.2) is 36.3 Å². The van der Waals surface area contributed by atoms with Gasteiger partial charge >= 0.3 is 18.5 Å². The van der Waals surface area contributed by atoms with Crippen molar-refractivity contribution in [2.75, 3.05) is 6.54 Å². The number of hydrogen-bond acceptors (Lipinski definition) is 3. The fraction of sp³-hybridized carbons (Fsp3) is 0.320. The summed E-state index contributed by atoms with van der Waals surface area (Å²) < 4.78 is 133. The monoisotopic (exact) mass is 581 g/mol. The van der Waals surface area contributed by atoms with E-state index in [0.717, 1.165) is 12.1 Å². The van der Waals surface area contributed by atoms with Crippen molar-refractivity contribution >= 4 is 17.9 Å². The first kappa shape index (κ1) is 30.5. The van der Waals surface area contributed by atoms with Gasteiger partial charge in [-0.3, -0.25) is 9.59 Å². The maximum absolute atomic E-state index is 13.8. The molecule has 2 aromatic carbocycles. The van der Waals surface area contributed by atoms with E-state index in [4.69, 9.17) is 5.26 Å². The highest BCUT2D eigenvalue weighted by Crippen LogP contribution is 2.39. The largest absolute Gasteiger partial charge is 0.417 e. The lowest BCUT2D eigenvalue weighted by Crippen LogP contribution is -2.51. The van der Waals surface area contributed by atoms with Gasteiger partial charge in [0.15, 0.2) is 0 Å². The van der Waals surface area contributed by atoms with E-state index >= 15 is 0 Å². The maximum Gasteiger partial charge on any atom is 0.417 e. The highest BCUT2D eigenvalue weighted by Gasteiger charge is 2.52. The number of hydrogen-bond donors (Lipinski definition) is 2. The summed E-state index contributed by atoms with van der Waals surface area (Å²) in [6, 6.07) is 5.39. The van der Waals surface area contributed by atoms with Crippen LogP contribution in [0, 0.1) is 17.1 Å². The first-order chi connectivity index (χ1) is 18.4. The Labute approximate surface area is 219 Å². The number of nitriles is 1. The molecule has 0 aromatic heterocycles. The third-order valence-electron chi connectivity index (χ3n) is 5.88. The Bertz CT molecular complexity index is 1370. The van der Waals surface area contributed by atoms with Crippen molar-refractivity contribution in [3.8, 4) is 6.07 Å². The molecule has 0 heterocycles. The van der Waals surface area contributed by atoms with E-state index in [1.165, 1.54) is 6.07 Å². The Balaban J connectivity index is 1.89. The van der Waals surface area contributed by atoms with Crippen molar-refractivity contribution in [1.29, 1.82) is 5.26 Å². The van der Waals surface area contributed by atoms with E-state index in [9.17, 15) is 53.5 Å². The Kier molecular flexibility index (Phi) is 8.24. The zero-order chi connectivity index (χ0) is 30.1. The molecule has 0 radical (unpaired) electrons. The molecule has 1 fully saturated rings. The zero-order valence-electron chi connectivity index (χ0n) is 19.9. The molecule has 15 heteroatoms.